The largest absolute Gasteiger partial charge is 0.491 e. The smallest absolute Gasteiger partial charge is 0.419 e. The normalized spacial score (nSPS) is 12.2. The van der Waals surface area contributed by atoms with Crippen LogP contribution in [-0.2, 0) is 11.0 Å². The topological polar surface area (TPSA) is 50.4 Å². The SMILES string of the molecule is CNCCCC(=O)NC(C)COc1ccccc1C(F)(F)F.Cl. The maximum Gasteiger partial charge on any atom is 0.419 e. The lowest BCUT2D eigenvalue weighted by atomic mass is 10.2. The van der Waals surface area contributed by atoms with Crippen molar-refractivity contribution >= 4 is 18.3 Å². The third-order valence-corrected chi connectivity index (χ3v) is 2.92. The second-order valence-electron chi connectivity index (χ2n) is 4.98. The summed E-state index contributed by atoms with van der Waals surface area (Å²) in [7, 11) is 1.80. The number of para-hydroxylation sites is 1. The molecule has 1 amide bonds. The van der Waals surface area contributed by atoms with Gasteiger partial charge >= 0.3 is 6.18 Å². The van der Waals surface area contributed by atoms with Crippen LogP contribution < -0.4 is 15.4 Å². The minimum atomic E-state index is -4.46. The summed E-state index contributed by atoms with van der Waals surface area (Å²) in [6, 6.07) is 4.65. The lowest BCUT2D eigenvalue weighted by Gasteiger charge is -2.18. The first-order valence-corrected chi connectivity index (χ1v) is 7.07. The number of nitrogens with one attached hydrogen (secondary N) is 2. The maximum atomic E-state index is 12.8. The van der Waals surface area contributed by atoms with E-state index in [1.165, 1.54) is 18.2 Å². The highest BCUT2D eigenvalue weighted by molar-refractivity contribution is 5.85. The number of carbonyl (C=O) groups is 1. The van der Waals surface area contributed by atoms with Crippen molar-refractivity contribution in [2.24, 2.45) is 0 Å². The van der Waals surface area contributed by atoms with Crippen molar-refractivity contribution in [3.8, 4) is 5.75 Å². The maximum absolute atomic E-state index is 12.8. The van der Waals surface area contributed by atoms with E-state index in [0.717, 1.165) is 12.6 Å². The second-order valence-corrected chi connectivity index (χ2v) is 4.98. The first-order chi connectivity index (χ1) is 10.3. The van der Waals surface area contributed by atoms with E-state index < -0.39 is 11.7 Å². The molecule has 2 N–H and O–H groups in total. The Morgan fingerprint density at radius 3 is 2.57 bits per heavy atom. The van der Waals surface area contributed by atoms with Gasteiger partial charge in [0.1, 0.15) is 12.4 Å². The molecule has 0 aliphatic rings. The van der Waals surface area contributed by atoms with Gasteiger partial charge in [0, 0.05) is 6.42 Å². The fourth-order valence-corrected chi connectivity index (χ4v) is 1.86. The van der Waals surface area contributed by atoms with Gasteiger partial charge in [0.05, 0.1) is 11.6 Å². The van der Waals surface area contributed by atoms with Crippen molar-refractivity contribution in [3.05, 3.63) is 29.8 Å². The van der Waals surface area contributed by atoms with E-state index in [1.807, 2.05) is 0 Å². The molecule has 0 aromatic heterocycles. The number of benzene rings is 1. The molecule has 0 radical (unpaired) electrons. The molecule has 1 atom stereocenters. The number of halogens is 4. The molecule has 1 aromatic carbocycles. The minimum Gasteiger partial charge on any atom is -0.491 e. The monoisotopic (exact) mass is 354 g/mol. The van der Waals surface area contributed by atoms with Gasteiger partial charge in [0.2, 0.25) is 5.91 Å². The van der Waals surface area contributed by atoms with Crippen molar-refractivity contribution in [2.75, 3.05) is 20.2 Å². The number of hydrogen-bond acceptors (Lipinski definition) is 3. The van der Waals surface area contributed by atoms with Crippen molar-refractivity contribution in [3.63, 3.8) is 0 Å². The number of hydrogen-bond donors (Lipinski definition) is 2. The predicted octanol–water partition coefficient (Wildman–Crippen LogP) is 3.01. The molecule has 1 unspecified atom stereocenters. The Bertz CT molecular complexity index is 484. The molecule has 0 fully saturated rings. The third-order valence-electron chi connectivity index (χ3n) is 2.92. The first-order valence-electron chi connectivity index (χ1n) is 7.07. The quantitative estimate of drug-likeness (QED) is 0.706. The van der Waals surface area contributed by atoms with Crippen LogP contribution in [0.2, 0.25) is 0 Å². The van der Waals surface area contributed by atoms with Gasteiger partial charge in [-0.3, -0.25) is 4.79 Å². The second kappa shape index (κ2) is 10.3. The zero-order valence-electron chi connectivity index (χ0n) is 13.1. The standard InChI is InChI=1S/C15H21F3N2O2.ClH/c1-11(20-14(21)8-5-9-19-2)10-22-13-7-4-3-6-12(13)15(16,17)18;/h3-4,6-7,11,19H,5,8-10H2,1-2H3,(H,20,21);1H. The van der Waals surface area contributed by atoms with Crippen LogP contribution in [0.5, 0.6) is 5.75 Å². The van der Waals surface area contributed by atoms with Crippen molar-refractivity contribution in [2.45, 2.75) is 32.0 Å². The highest BCUT2D eigenvalue weighted by Crippen LogP contribution is 2.35. The van der Waals surface area contributed by atoms with Crippen LogP contribution in [0.3, 0.4) is 0 Å². The Morgan fingerprint density at radius 1 is 1.30 bits per heavy atom. The first kappa shape index (κ1) is 21.5. The van der Waals surface area contributed by atoms with Crippen LogP contribution >= 0.6 is 12.4 Å². The third kappa shape index (κ3) is 8.08. The van der Waals surface area contributed by atoms with Crippen LogP contribution in [0, 0.1) is 0 Å². The predicted molar refractivity (Wildman–Crippen MR) is 85.0 cm³/mol. The number of alkyl halides is 3. The van der Waals surface area contributed by atoms with E-state index in [9.17, 15) is 18.0 Å². The summed E-state index contributed by atoms with van der Waals surface area (Å²) < 4.78 is 43.6. The van der Waals surface area contributed by atoms with Crippen LogP contribution in [0.15, 0.2) is 24.3 Å². The Kier molecular flexibility index (Phi) is 9.67. The molecular formula is C15H22ClF3N2O2. The summed E-state index contributed by atoms with van der Waals surface area (Å²) in [5.41, 5.74) is -0.817. The Morgan fingerprint density at radius 2 is 1.96 bits per heavy atom. The average molecular weight is 355 g/mol. The molecule has 0 saturated carbocycles. The van der Waals surface area contributed by atoms with Crippen LogP contribution in [-0.4, -0.2) is 32.1 Å². The molecule has 0 saturated heterocycles. The van der Waals surface area contributed by atoms with Gasteiger partial charge in [-0.1, -0.05) is 12.1 Å². The summed E-state index contributed by atoms with van der Waals surface area (Å²) in [6.07, 6.45) is -3.40. The molecule has 8 heteroatoms. The van der Waals surface area contributed by atoms with Crippen LogP contribution in [0.4, 0.5) is 13.2 Å². The number of ether oxygens (including phenoxy) is 1. The molecule has 1 rings (SSSR count). The fourth-order valence-electron chi connectivity index (χ4n) is 1.86. The molecule has 0 aliphatic carbocycles. The Balaban J connectivity index is 0.00000484. The van der Waals surface area contributed by atoms with E-state index in [0.29, 0.717) is 12.8 Å². The van der Waals surface area contributed by atoms with E-state index >= 15 is 0 Å². The molecule has 132 valence electrons. The summed E-state index contributed by atoms with van der Waals surface area (Å²) in [4.78, 5) is 11.6. The van der Waals surface area contributed by atoms with Crippen molar-refractivity contribution < 1.29 is 22.7 Å². The van der Waals surface area contributed by atoms with Crippen molar-refractivity contribution in [1.29, 1.82) is 0 Å². The number of carbonyl (C=O) groups excluding carboxylic acids is 1. The summed E-state index contributed by atoms with van der Waals surface area (Å²) in [5.74, 6) is -0.373. The van der Waals surface area contributed by atoms with Crippen LogP contribution in [0.25, 0.3) is 0 Å². The molecule has 23 heavy (non-hydrogen) atoms. The van der Waals surface area contributed by atoms with E-state index in [4.69, 9.17) is 4.74 Å². The molecule has 0 aliphatic heterocycles. The van der Waals surface area contributed by atoms with Gasteiger partial charge in [-0.2, -0.15) is 13.2 Å². The number of rotatable bonds is 8. The highest BCUT2D eigenvalue weighted by atomic mass is 35.5. The molecule has 1 aromatic rings. The molecular weight excluding hydrogens is 333 g/mol. The molecule has 0 heterocycles. The molecule has 0 bridgehead atoms. The fraction of sp³-hybridized carbons (Fsp3) is 0.533. The minimum absolute atomic E-state index is 0. The molecule has 0 spiro atoms. The van der Waals surface area contributed by atoms with Crippen molar-refractivity contribution in [1.82, 2.24) is 10.6 Å². The van der Waals surface area contributed by atoms with Gasteiger partial charge in [-0.15, -0.1) is 12.4 Å². The zero-order valence-corrected chi connectivity index (χ0v) is 13.9. The summed E-state index contributed by atoms with van der Waals surface area (Å²) in [6.45, 7) is 2.40. The number of amides is 1. The lowest BCUT2D eigenvalue weighted by molar-refractivity contribution is -0.139. The van der Waals surface area contributed by atoms with E-state index in [-0.39, 0.29) is 36.7 Å². The summed E-state index contributed by atoms with van der Waals surface area (Å²) in [5, 5.41) is 5.63. The van der Waals surface area contributed by atoms with E-state index in [2.05, 4.69) is 10.6 Å². The van der Waals surface area contributed by atoms with E-state index in [1.54, 1.807) is 14.0 Å². The lowest BCUT2D eigenvalue weighted by Crippen LogP contribution is -2.37. The van der Waals surface area contributed by atoms with Gasteiger partial charge in [0.15, 0.2) is 0 Å². The summed E-state index contributed by atoms with van der Waals surface area (Å²) >= 11 is 0. The van der Waals surface area contributed by atoms with Gasteiger partial charge in [-0.25, -0.2) is 0 Å². The zero-order chi connectivity index (χ0) is 16.6. The van der Waals surface area contributed by atoms with Gasteiger partial charge in [-0.05, 0) is 39.1 Å². The van der Waals surface area contributed by atoms with Crippen LogP contribution in [0.1, 0.15) is 25.3 Å². The van der Waals surface area contributed by atoms with Gasteiger partial charge < -0.3 is 15.4 Å². The highest BCUT2D eigenvalue weighted by Gasteiger charge is 2.34. The Hall–Kier alpha value is -1.47. The van der Waals surface area contributed by atoms with Gasteiger partial charge in [0.25, 0.3) is 0 Å². The molecule has 4 nitrogen and oxygen atoms in total. The Labute approximate surface area is 140 Å². The average Bonchev–Trinajstić information content (AvgIpc) is 2.44.